The molecule has 2 N–H and O–H groups in total. The van der Waals surface area contributed by atoms with Crippen molar-refractivity contribution in [3.8, 4) is 0 Å². The standard InChI is InChI=1S/C9H9ClN4/c10-8-2-6(3-12-13-8)14-4-5-1-7(14)9(5)11/h1-3,5,9H,4,11H2. The van der Waals surface area contributed by atoms with Crippen molar-refractivity contribution < 1.29 is 0 Å². The number of halogens is 1. The summed E-state index contributed by atoms with van der Waals surface area (Å²) in [6.45, 7) is 0.943. The van der Waals surface area contributed by atoms with Crippen molar-refractivity contribution in [1.29, 1.82) is 0 Å². The molecule has 2 unspecified atom stereocenters. The van der Waals surface area contributed by atoms with Crippen LogP contribution in [0.3, 0.4) is 0 Å². The fourth-order valence-corrected chi connectivity index (χ4v) is 2.18. The summed E-state index contributed by atoms with van der Waals surface area (Å²) in [5.74, 6) is 0.497. The second-order valence-corrected chi connectivity index (χ2v) is 4.02. The molecule has 0 spiro atoms. The Bertz CT molecular complexity index is 417. The van der Waals surface area contributed by atoms with Crippen molar-refractivity contribution in [3.05, 3.63) is 29.2 Å². The highest BCUT2D eigenvalue weighted by molar-refractivity contribution is 6.29. The van der Waals surface area contributed by atoms with Crippen LogP contribution >= 0.6 is 11.6 Å². The molecule has 2 atom stereocenters. The number of fused-ring (bicyclic) bond motifs is 1. The first-order valence-electron chi connectivity index (χ1n) is 4.49. The zero-order valence-electron chi connectivity index (χ0n) is 7.39. The third-order valence-electron chi connectivity index (χ3n) is 2.81. The zero-order chi connectivity index (χ0) is 9.71. The molecule has 72 valence electrons. The number of aromatic nitrogens is 2. The fraction of sp³-hybridized carbons (Fsp3) is 0.333. The molecule has 1 aliphatic carbocycles. The Hall–Kier alpha value is -1.13. The lowest BCUT2D eigenvalue weighted by Gasteiger charge is -2.23. The van der Waals surface area contributed by atoms with Gasteiger partial charge in [-0.05, 0) is 0 Å². The Morgan fingerprint density at radius 1 is 1.57 bits per heavy atom. The summed E-state index contributed by atoms with van der Waals surface area (Å²) in [5, 5.41) is 7.94. The lowest BCUT2D eigenvalue weighted by atomic mass is 9.92. The number of hydrogen-bond acceptors (Lipinski definition) is 4. The first kappa shape index (κ1) is 8.20. The van der Waals surface area contributed by atoms with E-state index in [2.05, 4.69) is 21.2 Å². The maximum absolute atomic E-state index is 5.91. The van der Waals surface area contributed by atoms with Gasteiger partial charge in [-0.15, -0.1) is 5.10 Å². The topological polar surface area (TPSA) is 55.0 Å². The quantitative estimate of drug-likeness (QED) is 0.742. The molecule has 2 bridgehead atoms. The molecule has 0 radical (unpaired) electrons. The Morgan fingerprint density at radius 3 is 3.00 bits per heavy atom. The molecule has 1 aromatic rings. The molecule has 0 saturated carbocycles. The summed E-state index contributed by atoms with van der Waals surface area (Å²) in [4.78, 5) is 2.15. The van der Waals surface area contributed by atoms with Crippen LogP contribution < -0.4 is 10.6 Å². The molecule has 0 aromatic carbocycles. The molecule has 1 saturated heterocycles. The minimum Gasteiger partial charge on any atom is -0.342 e. The first-order valence-corrected chi connectivity index (χ1v) is 4.86. The summed E-state index contributed by atoms with van der Waals surface area (Å²) in [6.07, 6.45) is 3.90. The van der Waals surface area contributed by atoms with E-state index in [9.17, 15) is 0 Å². The van der Waals surface area contributed by atoms with Gasteiger partial charge in [-0.2, -0.15) is 5.10 Å². The van der Waals surface area contributed by atoms with E-state index in [1.165, 1.54) is 5.70 Å². The molecular formula is C9H9ClN4. The molecule has 2 aliphatic heterocycles. The lowest BCUT2D eigenvalue weighted by Crippen LogP contribution is -2.34. The van der Waals surface area contributed by atoms with Gasteiger partial charge in [0.2, 0.25) is 0 Å². The van der Waals surface area contributed by atoms with E-state index in [1.54, 1.807) is 6.20 Å². The summed E-state index contributed by atoms with van der Waals surface area (Å²) >= 11 is 5.77. The van der Waals surface area contributed by atoms with Crippen molar-refractivity contribution >= 4 is 17.3 Å². The fourth-order valence-electron chi connectivity index (χ4n) is 2.02. The van der Waals surface area contributed by atoms with Gasteiger partial charge in [-0.25, -0.2) is 0 Å². The number of hydrogen-bond donors (Lipinski definition) is 1. The van der Waals surface area contributed by atoms with Crippen LogP contribution in [0.2, 0.25) is 5.15 Å². The van der Waals surface area contributed by atoms with E-state index >= 15 is 0 Å². The molecule has 14 heavy (non-hydrogen) atoms. The molecule has 4 nitrogen and oxygen atoms in total. The minimum atomic E-state index is 0.196. The van der Waals surface area contributed by atoms with Crippen LogP contribution in [0.4, 0.5) is 5.69 Å². The van der Waals surface area contributed by atoms with Gasteiger partial charge < -0.3 is 10.6 Å². The van der Waals surface area contributed by atoms with Gasteiger partial charge >= 0.3 is 0 Å². The van der Waals surface area contributed by atoms with Gasteiger partial charge in [-0.1, -0.05) is 17.7 Å². The third-order valence-corrected chi connectivity index (χ3v) is 3.00. The van der Waals surface area contributed by atoms with Crippen LogP contribution in [0.15, 0.2) is 24.0 Å². The van der Waals surface area contributed by atoms with E-state index in [0.717, 1.165) is 12.2 Å². The van der Waals surface area contributed by atoms with E-state index in [4.69, 9.17) is 17.3 Å². The predicted molar refractivity (Wildman–Crippen MR) is 53.9 cm³/mol. The van der Waals surface area contributed by atoms with Crippen LogP contribution in [0.25, 0.3) is 0 Å². The average molecular weight is 209 g/mol. The smallest absolute Gasteiger partial charge is 0.153 e. The normalized spacial score (nSPS) is 28.7. The number of nitrogens with zero attached hydrogens (tertiary/aromatic N) is 3. The SMILES string of the molecule is NC1C2=CC1CN2c1cnnc(Cl)c1. The summed E-state index contributed by atoms with van der Waals surface area (Å²) in [5.41, 5.74) is 8.07. The second-order valence-electron chi connectivity index (χ2n) is 3.63. The summed E-state index contributed by atoms with van der Waals surface area (Å²) in [7, 11) is 0. The summed E-state index contributed by atoms with van der Waals surface area (Å²) in [6, 6.07) is 2.00. The predicted octanol–water partition coefficient (Wildman–Crippen LogP) is 0.791. The first-order chi connectivity index (χ1) is 6.75. The van der Waals surface area contributed by atoms with Gasteiger partial charge in [0.25, 0.3) is 0 Å². The number of anilines is 1. The van der Waals surface area contributed by atoms with Gasteiger partial charge in [0, 0.05) is 24.2 Å². The third kappa shape index (κ3) is 0.980. The molecular weight excluding hydrogens is 200 g/mol. The van der Waals surface area contributed by atoms with Crippen molar-refractivity contribution in [2.75, 3.05) is 11.4 Å². The van der Waals surface area contributed by atoms with Crippen LogP contribution in [-0.2, 0) is 0 Å². The van der Waals surface area contributed by atoms with Gasteiger partial charge in [0.1, 0.15) is 0 Å². The van der Waals surface area contributed by atoms with E-state index in [1.807, 2.05) is 6.07 Å². The Morgan fingerprint density at radius 2 is 2.43 bits per heavy atom. The minimum absolute atomic E-state index is 0.196. The maximum Gasteiger partial charge on any atom is 0.153 e. The highest BCUT2D eigenvalue weighted by atomic mass is 35.5. The Balaban J connectivity index is 1.95. The van der Waals surface area contributed by atoms with Crippen molar-refractivity contribution in [2.45, 2.75) is 6.04 Å². The highest BCUT2D eigenvalue weighted by Gasteiger charge is 2.42. The number of rotatable bonds is 1. The van der Waals surface area contributed by atoms with Crippen molar-refractivity contribution in [3.63, 3.8) is 0 Å². The van der Waals surface area contributed by atoms with Gasteiger partial charge in [0.15, 0.2) is 5.15 Å². The van der Waals surface area contributed by atoms with Gasteiger partial charge in [0.05, 0.1) is 17.9 Å². The van der Waals surface area contributed by atoms with Crippen molar-refractivity contribution in [2.24, 2.45) is 11.7 Å². The van der Waals surface area contributed by atoms with Crippen LogP contribution in [-0.4, -0.2) is 22.8 Å². The molecule has 1 fully saturated rings. The molecule has 1 aromatic heterocycles. The molecule has 3 heterocycles. The van der Waals surface area contributed by atoms with Crippen LogP contribution in [0.5, 0.6) is 0 Å². The number of nitrogens with two attached hydrogens (primary N) is 1. The molecule has 5 heteroatoms. The second kappa shape index (κ2) is 2.68. The van der Waals surface area contributed by atoms with E-state index in [-0.39, 0.29) is 6.04 Å². The maximum atomic E-state index is 5.91. The van der Waals surface area contributed by atoms with Crippen molar-refractivity contribution in [1.82, 2.24) is 10.2 Å². The van der Waals surface area contributed by atoms with Crippen LogP contribution in [0, 0.1) is 5.92 Å². The van der Waals surface area contributed by atoms with E-state index < -0.39 is 0 Å². The molecule has 0 amide bonds. The van der Waals surface area contributed by atoms with Gasteiger partial charge in [-0.3, -0.25) is 0 Å². The molecule has 4 rings (SSSR count). The van der Waals surface area contributed by atoms with Crippen LogP contribution in [0.1, 0.15) is 0 Å². The lowest BCUT2D eigenvalue weighted by molar-refractivity contribution is 0.596. The monoisotopic (exact) mass is 208 g/mol. The Labute approximate surface area is 86.4 Å². The largest absolute Gasteiger partial charge is 0.342 e. The zero-order valence-corrected chi connectivity index (χ0v) is 8.15. The Kier molecular flexibility index (Phi) is 1.57. The van der Waals surface area contributed by atoms with E-state index in [0.29, 0.717) is 11.1 Å². The highest BCUT2D eigenvalue weighted by Crippen LogP contribution is 2.40. The summed E-state index contributed by atoms with van der Waals surface area (Å²) < 4.78 is 0. The molecule has 3 aliphatic rings. The average Bonchev–Trinajstić information content (AvgIpc) is 2.74.